The van der Waals surface area contributed by atoms with Crippen molar-refractivity contribution in [1.82, 2.24) is 20.9 Å². The van der Waals surface area contributed by atoms with Crippen molar-refractivity contribution in [3.63, 3.8) is 0 Å². The molecule has 27 nitrogen and oxygen atoms in total. The Morgan fingerprint density at radius 1 is 0.417 bits per heavy atom. The van der Waals surface area contributed by atoms with Gasteiger partial charge in [0.1, 0.15) is 23.6 Å². The number of nitrogens with zero attached hydrogens (tertiary/aromatic N) is 2. The van der Waals surface area contributed by atoms with Gasteiger partial charge in [-0.05, 0) is 82.7 Å². The minimum atomic E-state index is -1.22. The molecule has 1 aliphatic carbocycles. The second-order valence-corrected chi connectivity index (χ2v) is 26.7. The summed E-state index contributed by atoms with van der Waals surface area (Å²) >= 11 is 17.2. The number of carbonyl (C=O) groups excluding carboxylic acids is 4. The zero-order valence-electron chi connectivity index (χ0n) is 64.4. The zero-order chi connectivity index (χ0) is 77.3. The third-order valence-corrected chi connectivity index (χ3v) is 17.5. The van der Waals surface area contributed by atoms with Crippen molar-refractivity contribution in [3.05, 3.63) is 52.7 Å². The van der Waals surface area contributed by atoms with Gasteiger partial charge >= 0.3 is 0 Å². The Bertz CT molecular complexity index is 2800. The number of benzene rings is 3. The van der Waals surface area contributed by atoms with Crippen molar-refractivity contribution in [2.75, 3.05) is 260 Å². The molecule has 0 atom stereocenters. The Labute approximate surface area is 654 Å². The van der Waals surface area contributed by atoms with Gasteiger partial charge in [-0.25, -0.2) is 4.98 Å². The lowest BCUT2D eigenvalue weighted by Crippen LogP contribution is -2.41. The standard InChI is InChI=1S/C78H126Cl3N5O22/c1-3-86(4-2)65-17-20-70-72(57-65)108-73-59-71(88)68-19-18-67(58-69(68)77(73)85-70)107-61-66(87)60-78(62-104-33-21-74(89)82-27-36-95-42-48-101-54-51-98-45-39-92-30-14-8-5-11-24-79,63-105-34-22-75(90)83-28-37-96-43-49-102-55-52-99-46-40-93-31-15-9-6-12-25-80)64-106-35-23-76(91)84-29-38-97-44-50-103-56-53-100-47-41-94-32-16-10-7-13-26-81/h17-20,57-59H,3-16,21-56,60-64H2,1-2H3,(H,82,89)(H,83,90)(H,84,91). The molecule has 3 N–H and O–H groups in total. The van der Waals surface area contributed by atoms with Gasteiger partial charge in [0.15, 0.2) is 22.6 Å². The van der Waals surface area contributed by atoms with Gasteiger partial charge in [-0.2, -0.15) is 0 Å². The summed E-state index contributed by atoms with van der Waals surface area (Å²) in [6.45, 7) is 16.2. The van der Waals surface area contributed by atoms with E-state index in [9.17, 15) is 24.0 Å². The number of amides is 3. The van der Waals surface area contributed by atoms with Gasteiger partial charge in [0.25, 0.3) is 0 Å². The first-order chi connectivity index (χ1) is 53.0. The molecule has 2 aromatic carbocycles. The predicted molar refractivity (Wildman–Crippen MR) is 418 cm³/mol. The number of anilines is 1. The van der Waals surface area contributed by atoms with Crippen LogP contribution in [0.2, 0.25) is 0 Å². The highest BCUT2D eigenvalue weighted by atomic mass is 35.5. The highest BCUT2D eigenvalue weighted by molar-refractivity contribution is 6.18. The average Bonchev–Trinajstić information content (AvgIpc) is 0.756. The molecule has 108 heavy (non-hydrogen) atoms. The van der Waals surface area contributed by atoms with Gasteiger partial charge in [0.2, 0.25) is 17.7 Å². The number of ketones is 1. The number of carbonyl (C=O) groups is 4. The van der Waals surface area contributed by atoms with Crippen LogP contribution in [-0.4, -0.2) is 284 Å². The molecule has 30 heteroatoms. The maximum Gasteiger partial charge on any atom is 0.222 e. The van der Waals surface area contributed by atoms with E-state index in [2.05, 4.69) is 34.7 Å². The Morgan fingerprint density at radius 3 is 1.17 bits per heavy atom. The molecule has 0 saturated heterocycles. The molecule has 0 bridgehead atoms. The maximum atomic E-state index is 14.4. The molecule has 616 valence electrons. The average molecular weight is 1590 g/mol. The minimum Gasteiger partial charge on any atom is -0.486 e. The largest absolute Gasteiger partial charge is 0.486 e. The number of rotatable bonds is 77. The van der Waals surface area contributed by atoms with Gasteiger partial charge in [-0.3, -0.25) is 24.0 Å². The fraction of sp³-hybridized carbons (Fsp3) is 0.744. The van der Waals surface area contributed by atoms with E-state index < -0.39 is 12.0 Å². The van der Waals surface area contributed by atoms with E-state index in [0.717, 1.165) is 95.8 Å². The van der Waals surface area contributed by atoms with E-state index in [-0.39, 0.29) is 134 Å². The normalized spacial score (nSPS) is 11.8. The predicted octanol–water partition coefficient (Wildman–Crippen LogP) is 9.78. The summed E-state index contributed by atoms with van der Waals surface area (Å²) in [5.74, 6) is 1.45. The van der Waals surface area contributed by atoms with Gasteiger partial charge in [-0.15, -0.1) is 34.8 Å². The summed E-state index contributed by atoms with van der Waals surface area (Å²) in [7, 11) is 0. The first-order valence-electron chi connectivity index (χ1n) is 38.9. The molecule has 3 amide bonds. The molecular weight excluding hydrogens is 1470 g/mol. The van der Waals surface area contributed by atoms with Crippen molar-refractivity contribution in [1.29, 1.82) is 0 Å². The molecule has 1 heterocycles. The number of alkyl halides is 3. The monoisotopic (exact) mass is 1590 g/mol. The second-order valence-electron chi connectivity index (χ2n) is 25.6. The number of fused-ring (bicyclic) bond motifs is 4. The lowest BCUT2D eigenvalue weighted by molar-refractivity contribution is -0.134. The molecule has 0 spiro atoms. The summed E-state index contributed by atoms with van der Waals surface area (Å²) in [5.41, 5.74) is 1.05. The number of unbranched alkanes of at least 4 members (excludes halogenated alkanes) is 9. The second kappa shape index (κ2) is 65.8. The van der Waals surface area contributed by atoms with E-state index in [4.69, 9.17) is 120 Å². The van der Waals surface area contributed by atoms with Crippen LogP contribution in [0, 0.1) is 5.41 Å². The third-order valence-electron chi connectivity index (χ3n) is 16.7. The van der Waals surface area contributed by atoms with E-state index in [0.29, 0.717) is 195 Å². The van der Waals surface area contributed by atoms with E-state index in [1.807, 2.05) is 18.2 Å². The number of hydrogen-bond acceptors (Lipinski definition) is 24. The van der Waals surface area contributed by atoms with Crippen molar-refractivity contribution in [2.45, 2.75) is 117 Å². The fourth-order valence-corrected chi connectivity index (χ4v) is 11.4. The molecular formula is C78H126Cl3N5O22. The first-order valence-corrected chi connectivity index (χ1v) is 40.5. The van der Waals surface area contributed by atoms with Gasteiger partial charge in [0.05, 0.1) is 178 Å². The van der Waals surface area contributed by atoms with Crippen LogP contribution in [0.25, 0.3) is 33.3 Å². The Kier molecular flexibility index (Phi) is 58.3. The molecule has 1 aliphatic heterocycles. The Hall–Kier alpha value is -4.73. The van der Waals surface area contributed by atoms with Crippen LogP contribution < -0.4 is 31.0 Å². The fourth-order valence-electron chi connectivity index (χ4n) is 10.9. The number of nitrogens with one attached hydrogen (secondary N) is 3. The summed E-state index contributed by atoms with van der Waals surface area (Å²) in [4.78, 5) is 74.3. The van der Waals surface area contributed by atoms with Crippen LogP contribution in [0.1, 0.15) is 117 Å². The first kappa shape index (κ1) is 95.6. The molecule has 0 saturated carbocycles. The summed E-state index contributed by atoms with van der Waals surface area (Å²) in [6.07, 6.45) is 12.5. The SMILES string of the molecule is CCN(CC)c1ccc2nc3c4cc(OCC(=O)CC(COCCC(=O)NCCOCCOCCOCCOCCCCCCCl)(COCCC(=O)NCCOCCOCCOCCOCCCCCCCl)COCCC(=O)NCCOCCOCCOCCOCCCCCCCl)ccc4c(=O)cc-3oc2c1. The van der Waals surface area contributed by atoms with Crippen molar-refractivity contribution >= 4 is 85.9 Å². The molecule has 0 aromatic heterocycles. The highest BCUT2D eigenvalue weighted by Crippen LogP contribution is 2.34. The Morgan fingerprint density at radius 2 is 0.787 bits per heavy atom. The minimum absolute atomic E-state index is 0.0210. The van der Waals surface area contributed by atoms with Crippen LogP contribution in [0.4, 0.5) is 5.69 Å². The summed E-state index contributed by atoms with van der Waals surface area (Å²) in [6, 6.07) is 12.1. The highest BCUT2D eigenvalue weighted by Gasteiger charge is 2.35. The molecule has 0 unspecified atom stereocenters. The van der Waals surface area contributed by atoms with E-state index >= 15 is 0 Å². The van der Waals surface area contributed by atoms with Gasteiger partial charge in [-0.1, -0.05) is 38.5 Å². The molecule has 0 radical (unpaired) electrons. The van der Waals surface area contributed by atoms with Crippen LogP contribution in [-0.2, 0) is 90.2 Å². The smallest absolute Gasteiger partial charge is 0.222 e. The molecule has 0 fully saturated rings. The van der Waals surface area contributed by atoms with E-state index in [1.165, 1.54) is 6.07 Å². The van der Waals surface area contributed by atoms with Gasteiger partial charge in [0, 0.05) is 130 Å². The summed E-state index contributed by atoms with van der Waals surface area (Å²) < 4.78 is 98.5. The van der Waals surface area contributed by atoms with Crippen LogP contribution in [0.5, 0.6) is 5.75 Å². The maximum absolute atomic E-state index is 14.4. The molecule has 4 rings (SSSR count). The molecule has 2 aromatic rings. The van der Waals surface area contributed by atoms with Gasteiger partial charge < -0.3 is 101 Å². The Balaban J connectivity index is 1.33. The number of Topliss-reactive ketones (excluding diaryl/α,β-unsaturated/α-hetero) is 1. The molecule has 2 aliphatic rings. The number of aromatic nitrogens is 1. The van der Waals surface area contributed by atoms with Crippen molar-refractivity contribution < 1.29 is 99.4 Å². The van der Waals surface area contributed by atoms with Crippen LogP contribution in [0.15, 0.2) is 51.7 Å². The zero-order valence-corrected chi connectivity index (χ0v) is 66.7. The topological polar surface area (TPSA) is 298 Å². The van der Waals surface area contributed by atoms with Crippen molar-refractivity contribution in [2.24, 2.45) is 5.41 Å². The lowest BCUT2D eigenvalue weighted by Gasteiger charge is -2.33. The number of halogens is 3. The lowest BCUT2D eigenvalue weighted by atomic mass is 9.85. The number of hydrogen-bond donors (Lipinski definition) is 3. The van der Waals surface area contributed by atoms with Crippen LogP contribution >= 0.6 is 34.8 Å². The van der Waals surface area contributed by atoms with Crippen LogP contribution in [0.3, 0.4) is 0 Å². The van der Waals surface area contributed by atoms with Crippen molar-refractivity contribution in [3.8, 4) is 17.2 Å². The summed E-state index contributed by atoms with van der Waals surface area (Å²) in [5, 5.41) is 9.41. The third kappa shape index (κ3) is 46.9. The quantitative estimate of drug-likeness (QED) is 0.0160. The van der Waals surface area contributed by atoms with E-state index in [1.54, 1.807) is 18.2 Å². The number of ether oxygens (including phenoxy) is 16.